The lowest BCUT2D eigenvalue weighted by atomic mass is 10.1. The predicted molar refractivity (Wildman–Crippen MR) is 349 cm³/mol. The Kier molecular flexibility index (Phi) is 89.8. The van der Waals surface area contributed by atoms with Gasteiger partial charge in [-0.1, -0.05) is 310 Å². The Hall–Kier alpha value is -3.53. The van der Waals surface area contributed by atoms with Crippen LogP contribution in [0.1, 0.15) is 339 Å². The second kappa shape index (κ2) is 81.9. The van der Waals surface area contributed by atoms with E-state index in [0.717, 1.165) is 63.8 Å². The highest BCUT2D eigenvalue weighted by Gasteiger charge is 2.04. The van der Waals surface area contributed by atoms with Gasteiger partial charge in [0, 0.05) is 29.5 Å². The second-order valence-corrected chi connectivity index (χ2v) is 21.0. The second-order valence-electron chi connectivity index (χ2n) is 20.6. The predicted octanol–water partition coefficient (Wildman–Crippen LogP) is 22.7. The summed E-state index contributed by atoms with van der Waals surface area (Å²) in [7, 11) is 3.40. The van der Waals surface area contributed by atoms with Crippen molar-refractivity contribution in [2.45, 2.75) is 340 Å². The van der Waals surface area contributed by atoms with Gasteiger partial charge in [-0.15, -0.1) is 0 Å². The maximum Gasteiger partial charge on any atom is 0.331 e. The Balaban J connectivity index is -0.000000205. The van der Waals surface area contributed by atoms with Gasteiger partial charge >= 0.3 is 17.9 Å². The smallest absolute Gasteiger partial charge is 0.331 e. The van der Waals surface area contributed by atoms with Crippen LogP contribution in [0, 0.1) is 0 Å². The minimum Gasteiger partial charge on any atom is -0.498 e. The molecule has 80 heavy (non-hydrogen) atoms. The van der Waals surface area contributed by atoms with Gasteiger partial charge in [0.05, 0.1) is 38.0 Å². The van der Waals surface area contributed by atoms with E-state index in [9.17, 15) is 14.4 Å². The van der Waals surface area contributed by atoms with Crippen LogP contribution in [-0.4, -0.2) is 63.3 Å². The first-order valence-electron chi connectivity index (χ1n) is 33.2. The highest BCUT2D eigenvalue weighted by Crippen LogP contribution is 2.16. The molecule has 3 radical (unpaired) electrons. The molecule has 1 aromatic rings. The van der Waals surface area contributed by atoms with Gasteiger partial charge in [-0.25, -0.2) is 14.4 Å². The Labute approximate surface area is 500 Å². The molecule has 3 N–H and O–H groups in total. The fourth-order valence-corrected chi connectivity index (χ4v) is 8.16. The number of carbonyl (C=O) groups is 3. The number of hydrogen-bond donors (Lipinski definition) is 3. The molecule has 0 atom stereocenters. The van der Waals surface area contributed by atoms with E-state index in [1.165, 1.54) is 216 Å². The summed E-state index contributed by atoms with van der Waals surface area (Å²) in [4.78, 5) is 31.5. The highest BCUT2D eigenvalue weighted by atomic mass is 28.1. The van der Waals surface area contributed by atoms with E-state index in [4.69, 9.17) is 29.5 Å². The van der Waals surface area contributed by atoms with E-state index >= 15 is 0 Å². The lowest BCUT2D eigenvalue weighted by Gasteiger charge is -2.07. The fraction of sp³-hybridized carbons (Fsp3) is 0.786. The molecule has 0 saturated carbocycles. The molecule has 1 rings (SSSR count). The van der Waals surface area contributed by atoms with Crippen LogP contribution in [0.15, 0.2) is 65.8 Å². The van der Waals surface area contributed by atoms with Gasteiger partial charge in [0.15, 0.2) is 0 Å². The Morgan fingerprint density at radius 1 is 0.325 bits per heavy atom. The highest BCUT2D eigenvalue weighted by molar-refractivity contribution is 6.08. The molecule has 10 heteroatoms. The largest absolute Gasteiger partial charge is 0.498 e. The molecule has 0 unspecified atom stereocenters. The lowest BCUT2D eigenvalue weighted by Crippen LogP contribution is -1.97. The summed E-state index contributed by atoms with van der Waals surface area (Å²) in [5.74, 6) is -0.959. The summed E-state index contributed by atoms with van der Waals surface area (Å²) >= 11 is 0. The van der Waals surface area contributed by atoms with E-state index in [-0.39, 0.29) is 0 Å². The molecule has 0 amide bonds. The zero-order valence-corrected chi connectivity index (χ0v) is 55.8. The van der Waals surface area contributed by atoms with Crippen LogP contribution in [0.5, 0.6) is 0 Å². The van der Waals surface area contributed by atoms with Gasteiger partial charge in [-0.05, 0) is 46.1 Å². The van der Waals surface area contributed by atoms with Crippen molar-refractivity contribution in [3.8, 4) is 0 Å². The monoisotopic (exact) mass is 1150 g/mol. The van der Waals surface area contributed by atoms with E-state index in [1.807, 2.05) is 39.0 Å². The van der Waals surface area contributed by atoms with Crippen LogP contribution in [0.4, 0.5) is 0 Å². The average Bonchev–Trinajstić information content (AvgIpc) is 3.44. The maximum atomic E-state index is 10.5. The number of hydrogen-bond acceptors (Lipinski definition) is 6. The summed E-state index contributed by atoms with van der Waals surface area (Å²) in [5.41, 5.74) is 1.32. The van der Waals surface area contributed by atoms with Crippen LogP contribution in [-0.2, 0) is 34.6 Å². The fourth-order valence-electron chi connectivity index (χ4n) is 7.92. The number of carboxylic acids is 3. The van der Waals surface area contributed by atoms with Crippen molar-refractivity contribution in [2.75, 3.05) is 19.8 Å². The molecule has 0 spiro atoms. The molecule has 0 fully saturated rings. The average molecular weight is 1150 g/mol. The summed E-state index contributed by atoms with van der Waals surface area (Å²) in [6.45, 7) is 27.4. The van der Waals surface area contributed by atoms with Crippen LogP contribution in [0.2, 0.25) is 0 Å². The third-order valence-electron chi connectivity index (χ3n) is 12.6. The molecule has 1 aromatic carbocycles. The van der Waals surface area contributed by atoms with Crippen molar-refractivity contribution in [1.82, 2.24) is 0 Å². The topological polar surface area (TPSA) is 140 Å². The molecular formula is C70H133O9Si. The van der Waals surface area contributed by atoms with Gasteiger partial charge < -0.3 is 29.5 Å². The van der Waals surface area contributed by atoms with Gasteiger partial charge in [0.25, 0.3) is 0 Å². The molecular weight excluding hydrogens is 1010 g/mol. The first-order valence-corrected chi connectivity index (χ1v) is 33.9. The van der Waals surface area contributed by atoms with Gasteiger partial charge in [0.2, 0.25) is 0 Å². The van der Waals surface area contributed by atoms with Crippen LogP contribution in [0.3, 0.4) is 0 Å². The molecule has 0 aliphatic carbocycles. The Morgan fingerprint density at radius 2 is 0.512 bits per heavy atom. The number of benzene rings is 1. The van der Waals surface area contributed by atoms with Crippen molar-refractivity contribution in [1.29, 1.82) is 0 Å². The number of ether oxygens (including phenoxy) is 3. The SMILES string of the molecule is CCCCCCCC.CCCCCCCC.CCCCCCCC.CCCCCCCCC(=CC(=O)O)OCC.CCCCCCCCC(=CC(=O)O)OCC.CCCCCCCCC(=CC(=O)O)OCC.[Si]Cc1ccccc1. The molecule has 0 aliphatic heterocycles. The van der Waals surface area contributed by atoms with Crippen molar-refractivity contribution in [2.24, 2.45) is 0 Å². The lowest BCUT2D eigenvalue weighted by molar-refractivity contribution is -0.132. The Bertz CT molecular complexity index is 1270. The van der Waals surface area contributed by atoms with Crippen molar-refractivity contribution in [3.05, 3.63) is 71.4 Å². The van der Waals surface area contributed by atoms with Crippen LogP contribution in [0.25, 0.3) is 0 Å². The Morgan fingerprint density at radius 3 is 0.662 bits per heavy atom. The number of unbranched alkanes of at least 4 members (excludes halogenated alkanes) is 30. The van der Waals surface area contributed by atoms with E-state index in [1.54, 1.807) is 0 Å². The first-order chi connectivity index (χ1) is 38.8. The molecule has 471 valence electrons. The molecule has 0 aromatic heterocycles. The standard InChI is InChI=1S/3C13H24O3.3C8H18.C7H7Si/c3*1-3-5-6-7-8-9-10-12(16-4-2)11-13(14)15;3*1-3-5-7-8-6-4-2;8-6-7-4-2-1-3-5-7/h3*11H,3-10H2,1-2H3,(H,14,15);3*3-8H2,1-2H3;1-5H,6H2. The third-order valence-corrected chi connectivity index (χ3v) is 13.0. The van der Waals surface area contributed by atoms with Gasteiger partial charge in [-0.3, -0.25) is 0 Å². The normalized spacial score (nSPS) is 10.7. The molecule has 0 saturated heterocycles. The summed E-state index contributed by atoms with van der Waals surface area (Å²) in [6.07, 6.45) is 52.9. The maximum absolute atomic E-state index is 10.5. The minimum atomic E-state index is -0.922. The number of aliphatic carboxylic acids is 3. The van der Waals surface area contributed by atoms with Crippen LogP contribution < -0.4 is 0 Å². The number of rotatable bonds is 46. The summed E-state index contributed by atoms with van der Waals surface area (Å²) in [6, 6.07) is 11.2. The van der Waals surface area contributed by atoms with Crippen LogP contribution >= 0.6 is 0 Å². The zero-order valence-electron chi connectivity index (χ0n) is 54.8. The van der Waals surface area contributed by atoms with Gasteiger partial charge in [-0.2, -0.15) is 0 Å². The minimum absolute atomic E-state index is 0.537. The molecule has 0 bridgehead atoms. The summed E-state index contributed by atoms with van der Waals surface area (Å²) in [5, 5.41) is 25.9. The van der Waals surface area contributed by atoms with Crippen molar-refractivity contribution < 1.29 is 43.9 Å². The third kappa shape index (κ3) is 91.0. The van der Waals surface area contributed by atoms with Crippen molar-refractivity contribution >= 4 is 28.2 Å². The molecule has 0 heterocycles. The molecule has 0 aliphatic rings. The quantitative estimate of drug-likeness (QED) is 0.0252. The van der Waals surface area contributed by atoms with E-state index in [2.05, 4.69) is 84.7 Å². The van der Waals surface area contributed by atoms with E-state index in [0.29, 0.717) is 37.1 Å². The van der Waals surface area contributed by atoms with Crippen molar-refractivity contribution in [3.63, 3.8) is 0 Å². The van der Waals surface area contributed by atoms with E-state index < -0.39 is 17.9 Å². The number of allylic oxidation sites excluding steroid dienone is 3. The number of carboxylic acid groups (broad SMARTS) is 3. The first kappa shape index (κ1) is 87.7. The zero-order chi connectivity index (χ0) is 61.2. The van der Waals surface area contributed by atoms with Gasteiger partial charge in [0.1, 0.15) is 17.3 Å². The summed E-state index contributed by atoms with van der Waals surface area (Å²) < 4.78 is 15.8. The molecule has 9 nitrogen and oxygen atoms in total.